The second-order valence-electron chi connectivity index (χ2n) is 4.75. The molecule has 2 rings (SSSR count). The van der Waals surface area contributed by atoms with Gasteiger partial charge in [0.2, 0.25) is 5.91 Å². The van der Waals surface area contributed by atoms with Crippen LogP contribution in [0, 0.1) is 0 Å². The first-order valence-electron chi connectivity index (χ1n) is 6.32. The first-order chi connectivity index (χ1) is 8.66. The van der Waals surface area contributed by atoms with Crippen molar-refractivity contribution in [1.29, 1.82) is 0 Å². The number of pyridine rings is 1. The van der Waals surface area contributed by atoms with E-state index < -0.39 is 6.04 Å². The molecule has 1 aromatic rings. The number of amides is 1. The molecule has 1 fully saturated rings. The Morgan fingerprint density at radius 1 is 1.33 bits per heavy atom. The Morgan fingerprint density at radius 2 is 1.94 bits per heavy atom. The van der Waals surface area contributed by atoms with Crippen molar-refractivity contribution in [2.24, 2.45) is 5.73 Å². The van der Waals surface area contributed by atoms with Crippen LogP contribution in [0.5, 0.6) is 0 Å². The van der Waals surface area contributed by atoms with Gasteiger partial charge in [-0.15, -0.1) is 0 Å². The maximum Gasteiger partial charge on any atom is 0.239 e. The van der Waals surface area contributed by atoms with Gasteiger partial charge in [0.25, 0.3) is 0 Å². The molecule has 1 aromatic heterocycles. The molecule has 1 atom stereocenters. The van der Waals surface area contributed by atoms with Crippen molar-refractivity contribution < 1.29 is 4.79 Å². The van der Waals surface area contributed by atoms with E-state index in [2.05, 4.69) is 9.88 Å². The average molecular weight is 248 g/mol. The van der Waals surface area contributed by atoms with Crippen molar-refractivity contribution in [3.8, 4) is 0 Å². The van der Waals surface area contributed by atoms with Crippen molar-refractivity contribution in [1.82, 2.24) is 14.8 Å². The third-order valence-electron chi connectivity index (χ3n) is 3.23. The number of rotatable bonds is 3. The summed E-state index contributed by atoms with van der Waals surface area (Å²) in [6.07, 6.45) is 3.62. The highest BCUT2D eigenvalue weighted by molar-refractivity contribution is 5.81. The summed E-state index contributed by atoms with van der Waals surface area (Å²) in [4.78, 5) is 19.9. The SMILES string of the molecule is C[C@H](N)C(=O)N1CCN(Cc2ccncc2)CC1. The van der Waals surface area contributed by atoms with Gasteiger partial charge >= 0.3 is 0 Å². The maximum absolute atomic E-state index is 11.7. The molecule has 2 heterocycles. The van der Waals surface area contributed by atoms with Crippen LogP contribution < -0.4 is 5.73 Å². The molecule has 5 heteroatoms. The van der Waals surface area contributed by atoms with E-state index in [1.54, 1.807) is 6.92 Å². The average Bonchev–Trinajstić information content (AvgIpc) is 2.40. The van der Waals surface area contributed by atoms with Crippen LogP contribution in [0.25, 0.3) is 0 Å². The zero-order valence-electron chi connectivity index (χ0n) is 10.7. The summed E-state index contributed by atoms with van der Waals surface area (Å²) in [7, 11) is 0. The fraction of sp³-hybridized carbons (Fsp3) is 0.538. The number of carbonyl (C=O) groups is 1. The fourth-order valence-electron chi connectivity index (χ4n) is 2.16. The highest BCUT2D eigenvalue weighted by atomic mass is 16.2. The quantitative estimate of drug-likeness (QED) is 0.822. The predicted octanol–water partition coefficient (Wildman–Crippen LogP) is 0.0730. The zero-order chi connectivity index (χ0) is 13.0. The van der Waals surface area contributed by atoms with Crippen LogP contribution in [-0.2, 0) is 11.3 Å². The van der Waals surface area contributed by atoms with Crippen molar-refractivity contribution in [3.05, 3.63) is 30.1 Å². The van der Waals surface area contributed by atoms with E-state index in [1.807, 2.05) is 29.4 Å². The summed E-state index contributed by atoms with van der Waals surface area (Å²) in [5.41, 5.74) is 6.87. The lowest BCUT2D eigenvalue weighted by molar-refractivity contribution is -0.134. The molecule has 0 radical (unpaired) electrons. The first kappa shape index (κ1) is 13.0. The summed E-state index contributed by atoms with van der Waals surface area (Å²) >= 11 is 0. The molecule has 1 saturated heterocycles. The summed E-state index contributed by atoms with van der Waals surface area (Å²) in [6.45, 7) is 6.01. The molecule has 2 N–H and O–H groups in total. The van der Waals surface area contributed by atoms with Crippen LogP contribution in [0.3, 0.4) is 0 Å². The topological polar surface area (TPSA) is 62.5 Å². The van der Waals surface area contributed by atoms with E-state index in [0.29, 0.717) is 0 Å². The number of nitrogens with two attached hydrogens (primary N) is 1. The van der Waals surface area contributed by atoms with E-state index in [-0.39, 0.29) is 5.91 Å². The summed E-state index contributed by atoms with van der Waals surface area (Å²) in [6, 6.07) is 3.66. The Morgan fingerprint density at radius 3 is 2.50 bits per heavy atom. The van der Waals surface area contributed by atoms with Gasteiger partial charge in [-0.1, -0.05) is 0 Å². The molecule has 0 aliphatic carbocycles. The van der Waals surface area contributed by atoms with Crippen LogP contribution in [-0.4, -0.2) is 52.9 Å². The molecule has 5 nitrogen and oxygen atoms in total. The van der Waals surface area contributed by atoms with Gasteiger partial charge in [-0.05, 0) is 24.6 Å². The first-order valence-corrected chi connectivity index (χ1v) is 6.32. The van der Waals surface area contributed by atoms with E-state index in [0.717, 1.165) is 32.7 Å². The molecular formula is C13H20N4O. The lowest BCUT2D eigenvalue weighted by Gasteiger charge is -2.35. The molecule has 1 aliphatic heterocycles. The Kier molecular flexibility index (Phi) is 4.28. The molecule has 98 valence electrons. The minimum Gasteiger partial charge on any atom is -0.339 e. The summed E-state index contributed by atoms with van der Waals surface area (Å²) in [5, 5.41) is 0. The third-order valence-corrected chi connectivity index (χ3v) is 3.23. The summed E-state index contributed by atoms with van der Waals surface area (Å²) < 4.78 is 0. The van der Waals surface area contributed by atoms with Gasteiger partial charge in [0.1, 0.15) is 0 Å². The molecule has 18 heavy (non-hydrogen) atoms. The molecule has 0 aromatic carbocycles. The minimum atomic E-state index is -0.392. The van der Waals surface area contributed by atoms with E-state index in [4.69, 9.17) is 5.73 Å². The molecule has 0 saturated carbocycles. The number of hydrogen-bond donors (Lipinski definition) is 1. The summed E-state index contributed by atoms with van der Waals surface area (Å²) in [5.74, 6) is 0.0542. The lowest BCUT2D eigenvalue weighted by Crippen LogP contribution is -2.52. The molecule has 0 spiro atoms. The molecule has 1 aliphatic rings. The standard InChI is InChI=1S/C13H20N4O/c1-11(14)13(18)17-8-6-16(7-9-17)10-12-2-4-15-5-3-12/h2-5,11H,6-10,14H2,1H3/t11-/m0/s1. The predicted molar refractivity (Wildman–Crippen MR) is 69.7 cm³/mol. The maximum atomic E-state index is 11.7. The highest BCUT2D eigenvalue weighted by Gasteiger charge is 2.22. The van der Waals surface area contributed by atoms with Crippen molar-refractivity contribution >= 4 is 5.91 Å². The van der Waals surface area contributed by atoms with Gasteiger partial charge < -0.3 is 10.6 Å². The van der Waals surface area contributed by atoms with Crippen LogP contribution in [0.15, 0.2) is 24.5 Å². The molecular weight excluding hydrogens is 228 g/mol. The minimum absolute atomic E-state index is 0.0542. The monoisotopic (exact) mass is 248 g/mol. The highest BCUT2D eigenvalue weighted by Crippen LogP contribution is 2.08. The van der Waals surface area contributed by atoms with Gasteiger partial charge in [-0.2, -0.15) is 0 Å². The number of hydrogen-bond acceptors (Lipinski definition) is 4. The second-order valence-corrected chi connectivity index (χ2v) is 4.75. The van der Waals surface area contributed by atoms with Gasteiger partial charge in [0.15, 0.2) is 0 Å². The number of aromatic nitrogens is 1. The van der Waals surface area contributed by atoms with Gasteiger partial charge in [-0.25, -0.2) is 0 Å². The van der Waals surface area contributed by atoms with Crippen LogP contribution in [0.4, 0.5) is 0 Å². The zero-order valence-corrected chi connectivity index (χ0v) is 10.7. The Hall–Kier alpha value is -1.46. The number of carbonyl (C=O) groups excluding carboxylic acids is 1. The molecule has 0 bridgehead atoms. The molecule has 0 unspecified atom stereocenters. The largest absolute Gasteiger partial charge is 0.339 e. The molecule has 1 amide bonds. The Bertz CT molecular complexity index is 385. The van der Waals surface area contributed by atoms with E-state index in [1.165, 1.54) is 5.56 Å². The van der Waals surface area contributed by atoms with Crippen molar-refractivity contribution in [2.45, 2.75) is 19.5 Å². The van der Waals surface area contributed by atoms with Crippen LogP contribution >= 0.6 is 0 Å². The number of nitrogens with zero attached hydrogens (tertiary/aromatic N) is 3. The smallest absolute Gasteiger partial charge is 0.239 e. The normalized spacial score (nSPS) is 18.7. The second kappa shape index (κ2) is 5.93. The van der Waals surface area contributed by atoms with Crippen molar-refractivity contribution in [2.75, 3.05) is 26.2 Å². The van der Waals surface area contributed by atoms with Gasteiger partial charge in [0.05, 0.1) is 6.04 Å². The number of piperazine rings is 1. The van der Waals surface area contributed by atoms with Crippen LogP contribution in [0.2, 0.25) is 0 Å². The van der Waals surface area contributed by atoms with Crippen LogP contribution in [0.1, 0.15) is 12.5 Å². The fourth-order valence-corrected chi connectivity index (χ4v) is 2.16. The van der Waals surface area contributed by atoms with Gasteiger partial charge in [0, 0.05) is 45.1 Å². The van der Waals surface area contributed by atoms with Crippen molar-refractivity contribution in [3.63, 3.8) is 0 Å². The van der Waals surface area contributed by atoms with E-state index in [9.17, 15) is 4.79 Å². The van der Waals surface area contributed by atoms with E-state index >= 15 is 0 Å². The Balaban J connectivity index is 1.82. The van der Waals surface area contributed by atoms with Gasteiger partial charge in [-0.3, -0.25) is 14.7 Å². The Labute approximate surface area is 108 Å². The lowest BCUT2D eigenvalue weighted by atomic mass is 10.2. The third kappa shape index (κ3) is 3.27.